The Hall–Kier alpha value is -0.0800. The highest BCUT2D eigenvalue weighted by Gasteiger charge is 2.08. The maximum atomic E-state index is 8.67. The van der Waals surface area contributed by atoms with E-state index in [1.165, 1.54) is 0 Å². The molecule has 50 valence electrons. The number of aliphatic hydroxyl groups excluding tert-OH is 1. The van der Waals surface area contributed by atoms with Crippen LogP contribution in [0.25, 0.3) is 0 Å². The lowest BCUT2D eigenvalue weighted by atomic mass is 10.3. The molecule has 0 unspecified atom stereocenters. The topological polar surface area (TPSA) is 32.3 Å². The van der Waals surface area contributed by atoms with Gasteiger partial charge in [-0.15, -0.1) is 0 Å². The third-order valence-electron chi connectivity index (χ3n) is 1.03. The van der Waals surface area contributed by atoms with Crippen molar-refractivity contribution in [1.29, 1.82) is 0 Å². The summed E-state index contributed by atoms with van der Waals surface area (Å²) < 4.78 is 0. The highest BCUT2D eigenvalue weighted by Crippen LogP contribution is 1.93. The van der Waals surface area contributed by atoms with Crippen LogP contribution in [0, 0.1) is 0 Å². The van der Waals surface area contributed by atoms with Crippen molar-refractivity contribution >= 4 is 0 Å². The van der Waals surface area contributed by atoms with E-state index in [4.69, 9.17) is 5.11 Å². The molecular weight excluding hydrogens is 102 g/mol. The Kier molecular flexibility index (Phi) is 5.01. The van der Waals surface area contributed by atoms with Crippen molar-refractivity contribution < 1.29 is 5.11 Å². The fraction of sp³-hybridized carbons (Fsp3) is 1.00. The van der Waals surface area contributed by atoms with E-state index in [2.05, 4.69) is 5.32 Å². The SMILES string of the molecule is CC.O[C@H]1CCNC1. The zero-order valence-electron chi connectivity index (χ0n) is 5.65. The van der Waals surface area contributed by atoms with E-state index in [9.17, 15) is 0 Å². The first-order valence-corrected chi connectivity index (χ1v) is 3.28. The van der Waals surface area contributed by atoms with Gasteiger partial charge >= 0.3 is 0 Å². The van der Waals surface area contributed by atoms with Gasteiger partial charge in [0.25, 0.3) is 0 Å². The van der Waals surface area contributed by atoms with Gasteiger partial charge in [-0.2, -0.15) is 0 Å². The maximum absolute atomic E-state index is 8.67. The molecular formula is C6H15NO. The van der Waals surface area contributed by atoms with Gasteiger partial charge in [0, 0.05) is 6.54 Å². The molecule has 0 spiro atoms. The van der Waals surface area contributed by atoms with Crippen molar-refractivity contribution in [3.05, 3.63) is 0 Å². The quantitative estimate of drug-likeness (QED) is 0.480. The molecule has 2 N–H and O–H groups in total. The average Bonchev–Trinajstić information content (AvgIpc) is 2.24. The first-order chi connectivity index (χ1) is 3.89. The summed E-state index contributed by atoms with van der Waals surface area (Å²) in [7, 11) is 0. The van der Waals surface area contributed by atoms with Crippen LogP contribution in [0.3, 0.4) is 0 Å². The van der Waals surface area contributed by atoms with Crippen molar-refractivity contribution in [2.24, 2.45) is 0 Å². The Labute approximate surface area is 50.9 Å². The zero-order chi connectivity index (χ0) is 6.41. The summed E-state index contributed by atoms with van der Waals surface area (Å²) >= 11 is 0. The molecule has 0 amide bonds. The number of hydrogen-bond donors (Lipinski definition) is 2. The largest absolute Gasteiger partial charge is 0.392 e. The minimum absolute atomic E-state index is 0.0648. The molecule has 2 heteroatoms. The molecule has 1 heterocycles. The van der Waals surface area contributed by atoms with Crippen LogP contribution in [0.5, 0.6) is 0 Å². The van der Waals surface area contributed by atoms with Crippen LogP contribution in [-0.2, 0) is 0 Å². The Morgan fingerprint density at radius 1 is 1.50 bits per heavy atom. The molecule has 1 rings (SSSR count). The molecule has 1 aliphatic rings. The molecule has 0 aliphatic carbocycles. The third kappa shape index (κ3) is 2.99. The normalized spacial score (nSPS) is 26.6. The van der Waals surface area contributed by atoms with Crippen LogP contribution in [0.4, 0.5) is 0 Å². The van der Waals surface area contributed by atoms with Gasteiger partial charge in [0.15, 0.2) is 0 Å². The first-order valence-electron chi connectivity index (χ1n) is 3.28. The van der Waals surface area contributed by atoms with E-state index in [0.717, 1.165) is 19.5 Å². The predicted octanol–water partition coefficient (Wildman–Crippen LogP) is 0.367. The fourth-order valence-electron chi connectivity index (χ4n) is 0.639. The van der Waals surface area contributed by atoms with E-state index in [-0.39, 0.29) is 6.10 Å². The van der Waals surface area contributed by atoms with Gasteiger partial charge in [-0.25, -0.2) is 0 Å². The molecule has 1 saturated heterocycles. The molecule has 0 aromatic carbocycles. The molecule has 1 aliphatic heterocycles. The summed E-state index contributed by atoms with van der Waals surface area (Å²) in [5.74, 6) is 0. The van der Waals surface area contributed by atoms with Gasteiger partial charge in [0.2, 0.25) is 0 Å². The third-order valence-corrected chi connectivity index (χ3v) is 1.03. The smallest absolute Gasteiger partial charge is 0.0676 e. The number of β-amino-alcohol motifs (C(OH)–C–C–N with tert-alkyl or cyclic N) is 1. The summed E-state index contributed by atoms with van der Waals surface area (Å²) in [6.07, 6.45) is 0.866. The summed E-state index contributed by atoms with van der Waals surface area (Å²) in [6.45, 7) is 5.78. The molecule has 0 aromatic rings. The van der Waals surface area contributed by atoms with Crippen LogP contribution < -0.4 is 5.32 Å². The van der Waals surface area contributed by atoms with E-state index in [0.29, 0.717) is 0 Å². The minimum atomic E-state index is -0.0648. The van der Waals surface area contributed by atoms with E-state index < -0.39 is 0 Å². The van der Waals surface area contributed by atoms with E-state index in [1.54, 1.807) is 0 Å². The molecule has 0 bridgehead atoms. The Morgan fingerprint density at radius 2 is 2.12 bits per heavy atom. The minimum Gasteiger partial charge on any atom is -0.392 e. The van der Waals surface area contributed by atoms with Gasteiger partial charge in [-0.3, -0.25) is 0 Å². The lowest BCUT2D eigenvalue weighted by Gasteiger charge is -1.90. The van der Waals surface area contributed by atoms with Crippen LogP contribution in [-0.4, -0.2) is 24.3 Å². The number of rotatable bonds is 0. The van der Waals surface area contributed by atoms with Crippen LogP contribution in [0.1, 0.15) is 20.3 Å². The van der Waals surface area contributed by atoms with Crippen LogP contribution >= 0.6 is 0 Å². The molecule has 1 atom stereocenters. The highest BCUT2D eigenvalue weighted by atomic mass is 16.3. The van der Waals surface area contributed by atoms with Crippen molar-refractivity contribution in [2.45, 2.75) is 26.4 Å². The molecule has 0 aromatic heterocycles. The van der Waals surface area contributed by atoms with Crippen LogP contribution in [0.2, 0.25) is 0 Å². The summed E-state index contributed by atoms with van der Waals surface area (Å²) in [6, 6.07) is 0. The van der Waals surface area contributed by atoms with Gasteiger partial charge in [-0.1, -0.05) is 13.8 Å². The second-order valence-corrected chi connectivity index (χ2v) is 1.65. The fourth-order valence-corrected chi connectivity index (χ4v) is 0.639. The lowest BCUT2D eigenvalue weighted by Crippen LogP contribution is -2.11. The van der Waals surface area contributed by atoms with Crippen LogP contribution in [0.15, 0.2) is 0 Å². The molecule has 1 fully saturated rings. The Balaban J connectivity index is 0.000000222. The number of aliphatic hydroxyl groups is 1. The van der Waals surface area contributed by atoms with E-state index in [1.807, 2.05) is 13.8 Å². The van der Waals surface area contributed by atoms with Crippen molar-refractivity contribution in [2.75, 3.05) is 13.1 Å². The standard InChI is InChI=1S/C4H9NO.C2H6/c6-4-1-2-5-3-4;1-2/h4-6H,1-3H2;1-2H3/t4-;/m0./s1. The van der Waals surface area contributed by atoms with Gasteiger partial charge in [-0.05, 0) is 13.0 Å². The number of nitrogens with one attached hydrogen (secondary N) is 1. The van der Waals surface area contributed by atoms with Gasteiger partial charge in [0.05, 0.1) is 6.10 Å². The van der Waals surface area contributed by atoms with Crippen molar-refractivity contribution in [3.8, 4) is 0 Å². The summed E-state index contributed by atoms with van der Waals surface area (Å²) in [5, 5.41) is 11.7. The maximum Gasteiger partial charge on any atom is 0.0676 e. The lowest BCUT2D eigenvalue weighted by molar-refractivity contribution is 0.196. The van der Waals surface area contributed by atoms with Crippen molar-refractivity contribution in [3.63, 3.8) is 0 Å². The zero-order valence-corrected chi connectivity index (χ0v) is 5.65. The van der Waals surface area contributed by atoms with Crippen molar-refractivity contribution in [1.82, 2.24) is 5.32 Å². The number of hydrogen-bond acceptors (Lipinski definition) is 2. The molecule has 0 saturated carbocycles. The van der Waals surface area contributed by atoms with Gasteiger partial charge < -0.3 is 10.4 Å². The monoisotopic (exact) mass is 117 g/mol. The summed E-state index contributed by atoms with van der Waals surface area (Å²) in [4.78, 5) is 0. The predicted molar refractivity (Wildman–Crippen MR) is 34.8 cm³/mol. The average molecular weight is 117 g/mol. The van der Waals surface area contributed by atoms with E-state index >= 15 is 0 Å². The summed E-state index contributed by atoms with van der Waals surface area (Å²) in [5.41, 5.74) is 0. The first kappa shape index (κ1) is 7.92. The second kappa shape index (κ2) is 5.06. The molecule has 8 heavy (non-hydrogen) atoms. The second-order valence-electron chi connectivity index (χ2n) is 1.65. The van der Waals surface area contributed by atoms with Gasteiger partial charge in [0.1, 0.15) is 0 Å². The Morgan fingerprint density at radius 3 is 2.25 bits per heavy atom. The molecule has 0 radical (unpaired) electrons. The Bertz CT molecular complexity index is 41.8. The highest BCUT2D eigenvalue weighted by molar-refractivity contribution is 4.67. The molecule has 2 nitrogen and oxygen atoms in total.